The molecule has 1 unspecified atom stereocenters. The van der Waals surface area contributed by atoms with Crippen LogP contribution in [0.15, 0.2) is 60.7 Å². The number of benzene rings is 2. The number of hydrazine groups is 1. The molecule has 1 aromatic heterocycles. The monoisotopic (exact) mass is 333 g/mol. The highest BCUT2D eigenvalue weighted by Gasteiger charge is 2.34. The van der Waals surface area contributed by atoms with Gasteiger partial charge in [-0.25, -0.2) is 10.1 Å². The molecule has 0 amide bonds. The van der Waals surface area contributed by atoms with Crippen LogP contribution in [0.5, 0.6) is 0 Å². The number of nitrogens with two attached hydrogens (primary N) is 1. The standard InChI is InChI=1S/C18H19N7/c1-12-15-16(19)24(13-8-4-2-5-9-13)18(22-20)21-17(15)25(23-12)14-10-6-3-7-11-14/h2-11,18-19,21-22H,20H2,1H3. The maximum atomic E-state index is 8.75. The number of hydrogen-bond acceptors (Lipinski definition) is 5. The van der Waals surface area contributed by atoms with E-state index in [9.17, 15) is 0 Å². The Morgan fingerprint density at radius 1 is 1.04 bits per heavy atom. The minimum atomic E-state index is -0.457. The van der Waals surface area contributed by atoms with Crippen molar-refractivity contribution >= 4 is 17.3 Å². The minimum absolute atomic E-state index is 0.350. The fourth-order valence-electron chi connectivity index (χ4n) is 3.13. The quantitative estimate of drug-likeness (QED) is 0.435. The van der Waals surface area contributed by atoms with Crippen LogP contribution in [0.25, 0.3) is 5.69 Å². The number of nitrogens with one attached hydrogen (secondary N) is 3. The van der Waals surface area contributed by atoms with Crippen LogP contribution in [0.3, 0.4) is 0 Å². The third-order valence-electron chi connectivity index (χ3n) is 4.26. The molecule has 25 heavy (non-hydrogen) atoms. The average Bonchev–Trinajstić information content (AvgIpc) is 2.99. The van der Waals surface area contributed by atoms with Gasteiger partial charge in [0.25, 0.3) is 0 Å². The molecule has 0 fully saturated rings. The second-order valence-electron chi connectivity index (χ2n) is 5.82. The van der Waals surface area contributed by atoms with E-state index in [0.717, 1.165) is 28.5 Å². The summed E-state index contributed by atoms with van der Waals surface area (Å²) >= 11 is 0. The molecule has 0 saturated heterocycles. The van der Waals surface area contributed by atoms with Crippen LogP contribution >= 0.6 is 0 Å². The van der Waals surface area contributed by atoms with Crippen LogP contribution in [0.1, 0.15) is 11.3 Å². The number of aromatic nitrogens is 2. The summed E-state index contributed by atoms with van der Waals surface area (Å²) < 4.78 is 1.81. The Morgan fingerprint density at radius 2 is 1.64 bits per heavy atom. The molecule has 0 radical (unpaired) electrons. The number of para-hydroxylation sites is 2. The van der Waals surface area contributed by atoms with Crippen LogP contribution < -0.4 is 21.5 Å². The highest BCUT2D eigenvalue weighted by Crippen LogP contribution is 2.32. The lowest BCUT2D eigenvalue weighted by molar-refractivity contribution is 0.586. The van der Waals surface area contributed by atoms with Crippen molar-refractivity contribution < 1.29 is 0 Å². The normalized spacial score (nSPS) is 16.5. The van der Waals surface area contributed by atoms with E-state index in [2.05, 4.69) is 15.8 Å². The minimum Gasteiger partial charge on any atom is -0.336 e. The van der Waals surface area contributed by atoms with Gasteiger partial charge in [0.1, 0.15) is 11.7 Å². The van der Waals surface area contributed by atoms with Crippen molar-refractivity contribution in [3.05, 3.63) is 71.9 Å². The second kappa shape index (κ2) is 6.04. The van der Waals surface area contributed by atoms with Crippen LogP contribution in [0, 0.1) is 12.3 Å². The number of amidine groups is 1. The maximum Gasteiger partial charge on any atom is 0.174 e. The molecule has 5 N–H and O–H groups in total. The van der Waals surface area contributed by atoms with E-state index in [1.54, 1.807) is 0 Å². The summed E-state index contributed by atoms with van der Waals surface area (Å²) in [5.74, 6) is 6.87. The molecule has 126 valence electrons. The molecule has 0 spiro atoms. The number of rotatable bonds is 3. The van der Waals surface area contributed by atoms with Gasteiger partial charge >= 0.3 is 0 Å². The third kappa shape index (κ3) is 2.46. The molecule has 0 saturated carbocycles. The number of hydrogen-bond donors (Lipinski definition) is 4. The van der Waals surface area contributed by atoms with E-state index in [1.807, 2.05) is 77.2 Å². The Morgan fingerprint density at radius 3 is 2.24 bits per heavy atom. The fourth-order valence-corrected chi connectivity index (χ4v) is 3.13. The Balaban J connectivity index is 1.85. The molecule has 0 aliphatic carbocycles. The summed E-state index contributed by atoms with van der Waals surface area (Å²) in [7, 11) is 0. The van der Waals surface area contributed by atoms with Crippen LogP contribution in [-0.2, 0) is 0 Å². The first-order valence-electron chi connectivity index (χ1n) is 8.01. The molecule has 4 rings (SSSR count). The summed E-state index contributed by atoms with van der Waals surface area (Å²) in [4.78, 5) is 1.81. The van der Waals surface area contributed by atoms with Crippen molar-refractivity contribution in [2.75, 3.05) is 10.2 Å². The zero-order valence-corrected chi connectivity index (χ0v) is 13.8. The van der Waals surface area contributed by atoms with Crippen molar-refractivity contribution in [3.8, 4) is 5.69 Å². The Labute approximate surface area is 145 Å². The lowest BCUT2D eigenvalue weighted by atomic mass is 10.1. The summed E-state index contributed by atoms with van der Waals surface area (Å²) in [6, 6.07) is 19.5. The van der Waals surface area contributed by atoms with Crippen LogP contribution in [-0.4, -0.2) is 21.9 Å². The lowest BCUT2D eigenvalue weighted by Crippen LogP contribution is -2.59. The molecular weight excluding hydrogens is 314 g/mol. The molecule has 2 heterocycles. The van der Waals surface area contributed by atoms with E-state index in [-0.39, 0.29) is 0 Å². The first-order chi connectivity index (χ1) is 12.2. The Kier molecular flexibility index (Phi) is 3.72. The predicted octanol–water partition coefficient (Wildman–Crippen LogP) is 2.19. The molecule has 1 aliphatic rings. The molecule has 3 aromatic rings. The number of fused-ring (bicyclic) bond motifs is 1. The molecule has 0 bridgehead atoms. The fraction of sp³-hybridized carbons (Fsp3) is 0.111. The summed E-state index contributed by atoms with van der Waals surface area (Å²) in [5, 5.41) is 16.7. The van der Waals surface area contributed by atoms with Crippen LogP contribution in [0.2, 0.25) is 0 Å². The van der Waals surface area contributed by atoms with Gasteiger partial charge < -0.3 is 5.32 Å². The Hall–Kier alpha value is -3.16. The SMILES string of the molecule is Cc1nn(-c2ccccc2)c2c1C(=N)N(c1ccccc1)C(NN)N2. The summed E-state index contributed by atoms with van der Waals surface area (Å²) in [6.07, 6.45) is -0.457. The average molecular weight is 333 g/mol. The molecule has 1 atom stereocenters. The molecular formula is C18H19N7. The summed E-state index contributed by atoms with van der Waals surface area (Å²) in [5.41, 5.74) is 6.10. The van der Waals surface area contributed by atoms with Crippen molar-refractivity contribution in [2.45, 2.75) is 13.2 Å². The van der Waals surface area contributed by atoms with Gasteiger partial charge in [-0.1, -0.05) is 36.4 Å². The van der Waals surface area contributed by atoms with Gasteiger partial charge in [-0.15, -0.1) is 0 Å². The van der Waals surface area contributed by atoms with E-state index in [4.69, 9.17) is 11.3 Å². The number of nitrogens with zero attached hydrogens (tertiary/aromatic N) is 3. The smallest absolute Gasteiger partial charge is 0.174 e. The van der Waals surface area contributed by atoms with Gasteiger partial charge in [-0.2, -0.15) is 5.10 Å². The maximum absolute atomic E-state index is 8.75. The third-order valence-corrected chi connectivity index (χ3v) is 4.26. The second-order valence-corrected chi connectivity index (χ2v) is 5.82. The van der Waals surface area contributed by atoms with Gasteiger partial charge in [0.15, 0.2) is 6.29 Å². The predicted molar refractivity (Wildman–Crippen MR) is 98.8 cm³/mol. The highest BCUT2D eigenvalue weighted by molar-refractivity contribution is 6.14. The zero-order chi connectivity index (χ0) is 17.4. The van der Waals surface area contributed by atoms with Crippen molar-refractivity contribution in [3.63, 3.8) is 0 Å². The van der Waals surface area contributed by atoms with E-state index >= 15 is 0 Å². The van der Waals surface area contributed by atoms with Crippen molar-refractivity contribution in [1.82, 2.24) is 15.2 Å². The molecule has 2 aromatic carbocycles. The topological polar surface area (TPSA) is 95.0 Å². The molecule has 7 nitrogen and oxygen atoms in total. The largest absolute Gasteiger partial charge is 0.336 e. The summed E-state index contributed by atoms with van der Waals surface area (Å²) in [6.45, 7) is 1.91. The van der Waals surface area contributed by atoms with E-state index < -0.39 is 6.29 Å². The number of anilines is 2. The first-order valence-corrected chi connectivity index (χ1v) is 8.01. The lowest BCUT2D eigenvalue weighted by Gasteiger charge is -2.38. The molecule has 1 aliphatic heterocycles. The highest BCUT2D eigenvalue weighted by atomic mass is 15.5. The van der Waals surface area contributed by atoms with Crippen molar-refractivity contribution in [2.24, 2.45) is 5.84 Å². The van der Waals surface area contributed by atoms with E-state index in [0.29, 0.717) is 5.84 Å². The zero-order valence-electron chi connectivity index (χ0n) is 13.8. The first kappa shape index (κ1) is 15.4. The van der Waals surface area contributed by atoms with Crippen LogP contribution in [0.4, 0.5) is 11.5 Å². The Bertz CT molecular complexity index is 902. The van der Waals surface area contributed by atoms with Gasteiger partial charge in [-0.3, -0.25) is 16.2 Å². The molecule has 7 heteroatoms. The van der Waals surface area contributed by atoms with Gasteiger partial charge in [-0.05, 0) is 31.2 Å². The van der Waals surface area contributed by atoms with E-state index in [1.165, 1.54) is 0 Å². The van der Waals surface area contributed by atoms with Gasteiger partial charge in [0, 0.05) is 5.69 Å². The van der Waals surface area contributed by atoms with Gasteiger partial charge in [0.05, 0.1) is 16.9 Å². The number of aryl methyl sites for hydroxylation is 1. The van der Waals surface area contributed by atoms with Gasteiger partial charge in [0.2, 0.25) is 0 Å². The van der Waals surface area contributed by atoms with Crippen molar-refractivity contribution in [1.29, 1.82) is 5.41 Å².